The zero-order chi connectivity index (χ0) is 9.84. The van der Waals surface area contributed by atoms with Crippen molar-refractivity contribution in [3.05, 3.63) is 0 Å². The maximum atomic E-state index is 11.3. The molecule has 1 rings (SSSR count). The fourth-order valence-electron chi connectivity index (χ4n) is 1.77. The Morgan fingerprint density at radius 1 is 1.54 bits per heavy atom. The third kappa shape index (κ3) is 3.59. The zero-order valence-electron chi connectivity index (χ0n) is 8.49. The number of hydrogen-bond donors (Lipinski definition) is 1. The van der Waals surface area contributed by atoms with E-state index in [0.29, 0.717) is 17.1 Å². The van der Waals surface area contributed by atoms with Crippen LogP contribution in [0.5, 0.6) is 0 Å². The van der Waals surface area contributed by atoms with Crippen molar-refractivity contribution >= 4 is 18.5 Å². The van der Waals surface area contributed by atoms with E-state index in [0.717, 1.165) is 32.4 Å². The number of likely N-dealkylation sites (tertiary alicyclic amines) is 1. The summed E-state index contributed by atoms with van der Waals surface area (Å²) in [7, 11) is 0. The molecule has 0 aromatic carbocycles. The molecular formula is C10H19NOS. The molecular weight excluding hydrogens is 182 g/mol. The summed E-state index contributed by atoms with van der Waals surface area (Å²) >= 11 is 4.49. The minimum Gasteiger partial charge on any atom is -0.342 e. The third-order valence-corrected chi connectivity index (χ3v) is 2.72. The Bertz CT molecular complexity index is 182. The molecule has 1 atom stereocenters. The van der Waals surface area contributed by atoms with Crippen LogP contribution in [-0.4, -0.2) is 29.1 Å². The van der Waals surface area contributed by atoms with Crippen molar-refractivity contribution < 1.29 is 4.79 Å². The lowest BCUT2D eigenvalue weighted by Gasteiger charge is -2.21. The van der Waals surface area contributed by atoms with Crippen LogP contribution in [-0.2, 0) is 4.79 Å². The van der Waals surface area contributed by atoms with Crippen molar-refractivity contribution in [3.8, 4) is 0 Å². The fraction of sp³-hybridized carbons (Fsp3) is 0.900. The van der Waals surface area contributed by atoms with Crippen LogP contribution in [0.3, 0.4) is 0 Å². The SMILES string of the molecule is CC(C)CC(S)CN1CCCC1=O. The molecule has 1 heterocycles. The van der Waals surface area contributed by atoms with E-state index in [1.807, 2.05) is 4.90 Å². The summed E-state index contributed by atoms with van der Waals surface area (Å²) in [5.41, 5.74) is 0. The van der Waals surface area contributed by atoms with E-state index in [2.05, 4.69) is 26.5 Å². The highest BCUT2D eigenvalue weighted by Crippen LogP contribution is 2.16. The molecule has 1 aliphatic rings. The van der Waals surface area contributed by atoms with Crippen molar-refractivity contribution in [2.75, 3.05) is 13.1 Å². The molecule has 1 amide bonds. The minimum atomic E-state index is 0.308. The monoisotopic (exact) mass is 201 g/mol. The molecule has 76 valence electrons. The highest BCUT2D eigenvalue weighted by molar-refractivity contribution is 7.81. The molecule has 2 nitrogen and oxygen atoms in total. The standard InChI is InChI=1S/C10H19NOS/c1-8(2)6-9(13)7-11-5-3-4-10(11)12/h8-9,13H,3-7H2,1-2H3. The summed E-state index contributed by atoms with van der Waals surface area (Å²) in [4.78, 5) is 13.2. The van der Waals surface area contributed by atoms with E-state index in [9.17, 15) is 4.79 Å². The van der Waals surface area contributed by atoms with E-state index >= 15 is 0 Å². The van der Waals surface area contributed by atoms with Crippen LogP contribution in [0.25, 0.3) is 0 Å². The molecule has 1 aliphatic heterocycles. The first-order valence-electron chi connectivity index (χ1n) is 5.05. The van der Waals surface area contributed by atoms with Crippen molar-refractivity contribution in [3.63, 3.8) is 0 Å². The van der Waals surface area contributed by atoms with E-state index in [4.69, 9.17) is 0 Å². The van der Waals surface area contributed by atoms with Crippen LogP contribution < -0.4 is 0 Å². The van der Waals surface area contributed by atoms with Gasteiger partial charge in [0.2, 0.25) is 5.91 Å². The van der Waals surface area contributed by atoms with Gasteiger partial charge in [-0.15, -0.1) is 0 Å². The quantitative estimate of drug-likeness (QED) is 0.689. The summed E-state index contributed by atoms with van der Waals surface area (Å²) < 4.78 is 0. The molecule has 3 heteroatoms. The average molecular weight is 201 g/mol. The molecule has 0 saturated carbocycles. The second-order valence-electron chi connectivity index (χ2n) is 4.23. The number of thiol groups is 1. The summed E-state index contributed by atoms with van der Waals surface area (Å²) in [6, 6.07) is 0. The van der Waals surface area contributed by atoms with Gasteiger partial charge in [-0.2, -0.15) is 12.6 Å². The Balaban J connectivity index is 2.27. The predicted octanol–water partition coefficient (Wildman–Crippen LogP) is 1.95. The predicted molar refractivity (Wildman–Crippen MR) is 58.0 cm³/mol. The van der Waals surface area contributed by atoms with Crippen LogP contribution in [0.2, 0.25) is 0 Å². The van der Waals surface area contributed by atoms with Crippen molar-refractivity contribution in [2.45, 2.75) is 38.4 Å². The largest absolute Gasteiger partial charge is 0.342 e. The van der Waals surface area contributed by atoms with Crippen LogP contribution in [0.15, 0.2) is 0 Å². The van der Waals surface area contributed by atoms with Crippen molar-refractivity contribution in [2.24, 2.45) is 5.92 Å². The normalized spacial score (nSPS) is 20.0. The molecule has 13 heavy (non-hydrogen) atoms. The number of nitrogens with zero attached hydrogens (tertiary/aromatic N) is 1. The molecule has 1 unspecified atom stereocenters. The van der Waals surface area contributed by atoms with E-state index < -0.39 is 0 Å². The lowest BCUT2D eigenvalue weighted by atomic mass is 10.1. The summed E-state index contributed by atoms with van der Waals surface area (Å²) in [6.07, 6.45) is 2.86. The zero-order valence-corrected chi connectivity index (χ0v) is 9.39. The smallest absolute Gasteiger partial charge is 0.222 e. The second-order valence-corrected chi connectivity index (χ2v) is 4.96. The number of amides is 1. The first-order chi connectivity index (χ1) is 6.09. The Labute approximate surface area is 86.1 Å². The van der Waals surface area contributed by atoms with Gasteiger partial charge in [-0.1, -0.05) is 13.8 Å². The topological polar surface area (TPSA) is 20.3 Å². The maximum absolute atomic E-state index is 11.3. The van der Waals surface area contributed by atoms with Gasteiger partial charge in [0.1, 0.15) is 0 Å². The average Bonchev–Trinajstić information content (AvgIpc) is 2.34. The molecule has 1 fully saturated rings. The molecule has 1 saturated heterocycles. The first-order valence-corrected chi connectivity index (χ1v) is 5.57. The Hall–Kier alpha value is -0.180. The Morgan fingerprint density at radius 3 is 2.69 bits per heavy atom. The van der Waals surface area contributed by atoms with Gasteiger partial charge in [-0.3, -0.25) is 4.79 Å². The number of rotatable bonds is 4. The highest BCUT2D eigenvalue weighted by atomic mass is 32.1. The fourth-order valence-corrected chi connectivity index (χ4v) is 2.39. The number of carbonyl (C=O) groups is 1. The summed E-state index contributed by atoms with van der Waals surface area (Å²) in [6.45, 7) is 6.15. The molecule has 0 bridgehead atoms. The van der Waals surface area contributed by atoms with Gasteiger partial charge < -0.3 is 4.90 Å². The van der Waals surface area contributed by atoms with Crippen LogP contribution in [0, 0.1) is 5.92 Å². The Morgan fingerprint density at radius 2 is 2.23 bits per heavy atom. The van der Waals surface area contributed by atoms with Gasteiger partial charge in [-0.25, -0.2) is 0 Å². The first kappa shape index (κ1) is 10.9. The van der Waals surface area contributed by atoms with Crippen molar-refractivity contribution in [1.29, 1.82) is 0 Å². The Kier molecular flexibility index (Phi) is 4.10. The maximum Gasteiger partial charge on any atom is 0.222 e. The van der Waals surface area contributed by atoms with Gasteiger partial charge >= 0.3 is 0 Å². The summed E-state index contributed by atoms with van der Waals surface area (Å²) in [5.74, 6) is 0.975. The van der Waals surface area contributed by atoms with Gasteiger partial charge in [-0.05, 0) is 18.8 Å². The van der Waals surface area contributed by atoms with E-state index in [-0.39, 0.29) is 0 Å². The second kappa shape index (κ2) is 4.89. The number of hydrogen-bond acceptors (Lipinski definition) is 2. The molecule has 0 spiro atoms. The lowest BCUT2D eigenvalue weighted by molar-refractivity contribution is -0.127. The van der Waals surface area contributed by atoms with Gasteiger partial charge in [0, 0.05) is 24.8 Å². The molecule has 0 N–H and O–H groups in total. The van der Waals surface area contributed by atoms with E-state index in [1.165, 1.54) is 0 Å². The summed E-state index contributed by atoms with van der Waals surface area (Å²) in [5, 5.41) is 0.349. The van der Waals surface area contributed by atoms with Crippen LogP contribution in [0.1, 0.15) is 33.1 Å². The molecule has 0 aliphatic carbocycles. The van der Waals surface area contributed by atoms with Crippen molar-refractivity contribution in [1.82, 2.24) is 4.90 Å². The third-order valence-electron chi connectivity index (χ3n) is 2.35. The van der Waals surface area contributed by atoms with Crippen LogP contribution in [0.4, 0.5) is 0 Å². The molecule has 0 aromatic rings. The highest BCUT2D eigenvalue weighted by Gasteiger charge is 2.22. The van der Waals surface area contributed by atoms with Gasteiger partial charge in [0.25, 0.3) is 0 Å². The number of carbonyl (C=O) groups excluding carboxylic acids is 1. The lowest BCUT2D eigenvalue weighted by Crippen LogP contribution is -2.31. The molecule has 0 aromatic heterocycles. The minimum absolute atomic E-state index is 0.308. The van der Waals surface area contributed by atoms with E-state index in [1.54, 1.807) is 0 Å². The van der Waals surface area contributed by atoms with Crippen LogP contribution >= 0.6 is 12.6 Å². The molecule has 0 radical (unpaired) electrons. The van der Waals surface area contributed by atoms with Gasteiger partial charge in [0.15, 0.2) is 0 Å². The van der Waals surface area contributed by atoms with Gasteiger partial charge in [0.05, 0.1) is 0 Å².